The van der Waals surface area contributed by atoms with Gasteiger partial charge in [-0.25, -0.2) is 0 Å². The zero-order chi connectivity index (χ0) is 14.4. The van der Waals surface area contributed by atoms with Crippen LogP contribution in [0.2, 0.25) is 0 Å². The molecule has 0 aliphatic carbocycles. The lowest BCUT2D eigenvalue weighted by Crippen LogP contribution is -2.32. The Morgan fingerprint density at radius 1 is 0.950 bits per heavy atom. The fourth-order valence-electron chi connectivity index (χ4n) is 2.72. The molecular weight excluding hydrogens is 244 g/mol. The van der Waals surface area contributed by atoms with E-state index < -0.39 is 0 Å². The minimum absolute atomic E-state index is 0.222. The monoisotopic (exact) mass is 268 g/mol. The standard InChI is InChI=1S/C18H24N2/c1-3-7-14(2)18(20-19)17-12-10-16(11-13-17)15-8-5-4-6-9-15/h4-6,8-14,18,20H,3,7,19H2,1-2H3. The predicted octanol–water partition coefficient (Wildman–Crippen LogP) is 4.29. The van der Waals surface area contributed by atoms with Gasteiger partial charge in [0.15, 0.2) is 0 Å². The molecule has 0 radical (unpaired) electrons. The van der Waals surface area contributed by atoms with Gasteiger partial charge in [-0.1, -0.05) is 74.9 Å². The molecule has 2 nitrogen and oxygen atoms in total. The van der Waals surface area contributed by atoms with Crippen LogP contribution in [0.3, 0.4) is 0 Å². The van der Waals surface area contributed by atoms with E-state index in [0.29, 0.717) is 5.92 Å². The van der Waals surface area contributed by atoms with Crippen LogP contribution < -0.4 is 11.3 Å². The normalized spacial score (nSPS) is 13.9. The highest BCUT2D eigenvalue weighted by molar-refractivity contribution is 5.63. The van der Waals surface area contributed by atoms with Crippen LogP contribution in [0.5, 0.6) is 0 Å². The van der Waals surface area contributed by atoms with Gasteiger partial charge in [-0.2, -0.15) is 0 Å². The first-order valence-electron chi connectivity index (χ1n) is 7.37. The van der Waals surface area contributed by atoms with E-state index in [1.165, 1.54) is 29.5 Å². The summed E-state index contributed by atoms with van der Waals surface area (Å²) in [6.07, 6.45) is 2.36. The number of nitrogens with one attached hydrogen (secondary N) is 1. The number of hydrogen-bond donors (Lipinski definition) is 2. The Morgan fingerprint density at radius 2 is 1.55 bits per heavy atom. The molecule has 0 bridgehead atoms. The van der Waals surface area contributed by atoms with E-state index in [4.69, 9.17) is 5.84 Å². The van der Waals surface area contributed by atoms with E-state index in [-0.39, 0.29) is 6.04 Å². The van der Waals surface area contributed by atoms with Gasteiger partial charge in [-0.15, -0.1) is 0 Å². The van der Waals surface area contributed by atoms with Crippen molar-refractivity contribution in [1.29, 1.82) is 0 Å². The summed E-state index contributed by atoms with van der Waals surface area (Å²) in [5, 5.41) is 0. The van der Waals surface area contributed by atoms with Crippen molar-refractivity contribution in [3.05, 3.63) is 60.2 Å². The molecule has 20 heavy (non-hydrogen) atoms. The second-order valence-electron chi connectivity index (χ2n) is 5.40. The fraction of sp³-hybridized carbons (Fsp3) is 0.333. The van der Waals surface area contributed by atoms with Crippen LogP contribution in [-0.4, -0.2) is 0 Å². The van der Waals surface area contributed by atoms with Crippen molar-refractivity contribution in [2.75, 3.05) is 0 Å². The van der Waals surface area contributed by atoms with E-state index in [2.05, 4.69) is 67.8 Å². The molecule has 0 aromatic heterocycles. The SMILES string of the molecule is CCCC(C)C(NN)c1ccc(-c2ccccc2)cc1. The largest absolute Gasteiger partial charge is 0.271 e. The third-order valence-corrected chi connectivity index (χ3v) is 3.87. The van der Waals surface area contributed by atoms with Gasteiger partial charge in [0, 0.05) is 6.04 Å². The molecule has 0 saturated heterocycles. The lowest BCUT2D eigenvalue weighted by atomic mass is 9.90. The van der Waals surface area contributed by atoms with Crippen molar-refractivity contribution in [2.45, 2.75) is 32.7 Å². The van der Waals surface area contributed by atoms with Gasteiger partial charge in [0.1, 0.15) is 0 Å². The molecular formula is C18H24N2. The molecule has 2 atom stereocenters. The highest BCUT2D eigenvalue weighted by Crippen LogP contribution is 2.27. The average molecular weight is 268 g/mol. The van der Waals surface area contributed by atoms with Crippen molar-refractivity contribution in [3.8, 4) is 11.1 Å². The summed E-state index contributed by atoms with van der Waals surface area (Å²) in [7, 11) is 0. The average Bonchev–Trinajstić information content (AvgIpc) is 2.50. The van der Waals surface area contributed by atoms with Crippen LogP contribution in [-0.2, 0) is 0 Å². The summed E-state index contributed by atoms with van der Waals surface area (Å²) >= 11 is 0. The van der Waals surface area contributed by atoms with Gasteiger partial charge >= 0.3 is 0 Å². The molecule has 0 aliphatic heterocycles. The van der Waals surface area contributed by atoms with Crippen molar-refractivity contribution in [3.63, 3.8) is 0 Å². The van der Waals surface area contributed by atoms with Gasteiger partial charge in [-0.3, -0.25) is 11.3 Å². The summed E-state index contributed by atoms with van der Waals surface area (Å²) in [6, 6.07) is 19.4. The summed E-state index contributed by atoms with van der Waals surface area (Å²) in [5.74, 6) is 6.27. The Bertz CT molecular complexity index is 505. The first kappa shape index (κ1) is 14.8. The van der Waals surface area contributed by atoms with Gasteiger partial charge in [0.2, 0.25) is 0 Å². The van der Waals surface area contributed by atoms with Crippen LogP contribution in [0, 0.1) is 5.92 Å². The number of hydrogen-bond acceptors (Lipinski definition) is 2. The summed E-state index contributed by atoms with van der Waals surface area (Å²) < 4.78 is 0. The maximum absolute atomic E-state index is 5.74. The van der Waals surface area contributed by atoms with Crippen LogP contribution in [0.4, 0.5) is 0 Å². The second-order valence-corrected chi connectivity index (χ2v) is 5.40. The molecule has 2 heteroatoms. The van der Waals surface area contributed by atoms with Gasteiger partial charge < -0.3 is 0 Å². The van der Waals surface area contributed by atoms with Gasteiger partial charge in [0.25, 0.3) is 0 Å². The highest BCUT2D eigenvalue weighted by Gasteiger charge is 2.16. The zero-order valence-corrected chi connectivity index (χ0v) is 12.3. The molecule has 0 spiro atoms. The maximum Gasteiger partial charge on any atom is 0.0485 e. The van der Waals surface area contributed by atoms with Crippen molar-refractivity contribution in [1.82, 2.24) is 5.43 Å². The van der Waals surface area contributed by atoms with Gasteiger partial charge in [-0.05, 0) is 29.0 Å². The van der Waals surface area contributed by atoms with E-state index in [1.54, 1.807) is 0 Å². The van der Waals surface area contributed by atoms with E-state index in [1.807, 2.05) is 6.07 Å². The quantitative estimate of drug-likeness (QED) is 0.605. The minimum atomic E-state index is 0.222. The predicted molar refractivity (Wildman–Crippen MR) is 86.0 cm³/mol. The second kappa shape index (κ2) is 7.22. The Balaban J connectivity index is 2.18. The first-order valence-corrected chi connectivity index (χ1v) is 7.37. The van der Waals surface area contributed by atoms with Crippen LogP contribution in [0.25, 0.3) is 11.1 Å². The lowest BCUT2D eigenvalue weighted by Gasteiger charge is -2.23. The third-order valence-electron chi connectivity index (χ3n) is 3.87. The molecule has 106 valence electrons. The fourth-order valence-corrected chi connectivity index (χ4v) is 2.72. The van der Waals surface area contributed by atoms with Crippen LogP contribution >= 0.6 is 0 Å². The number of nitrogens with two attached hydrogens (primary N) is 1. The van der Waals surface area contributed by atoms with E-state index in [0.717, 1.165) is 0 Å². The maximum atomic E-state index is 5.74. The van der Waals surface area contributed by atoms with Crippen LogP contribution in [0.1, 0.15) is 38.3 Å². The number of hydrazine groups is 1. The molecule has 0 aliphatic rings. The molecule has 0 saturated carbocycles. The zero-order valence-electron chi connectivity index (χ0n) is 12.3. The number of rotatable bonds is 6. The summed E-state index contributed by atoms with van der Waals surface area (Å²) in [4.78, 5) is 0. The smallest absolute Gasteiger partial charge is 0.0485 e. The summed E-state index contributed by atoms with van der Waals surface area (Å²) in [5.41, 5.74) is 6.71. The van der Waals surface area contributed by atoms with Crippen molar-refractivity contribution in [2.24, 2.45) is 11.8 Å². The summed E-state index contributed by atoms with van der Waals surface area (Å²) in [6.45, 7) is 4.46. The number of benzene rings is 2. The molecule has 2 unspecified atom stereocenters. The first-order chi connectivity index (χ1) is 9.76. The lowest BCUT2D eigenvalue weighted by molar-refractivity contribution is 0.368. The minimum Gasteiger partial charge on any atom is -0.271 e. The topological polar surface area (TPSA) is 38.0 Å². The van der Waals surface area contributed by atoms with E-state index in [9.17, 15) is 0 Å². The van der Waals surface area contributed by atoms with Crippen molar-refractivity contribution < 1.29 is 0 Å². The van der Waals surface area contributed by atoms with Gasteiger partial charge in [0.05, 0.1) is 0 Å². The van der Waals surface area contributed by atoms with Crippen LogP contribution in [0.15, 0.2) is 54.6 Å². The Morgan fingerprint density at radius 3 is 2.10 bits per heavy atom. The molecule has 0 heterocycles. The Labute approximate surface area is 122 Å². The highest BCUT2D eigenvalue weighted by atomic mass is 15.2. The third kappa shape index (κ3) is 3.47. The molecule has 0 amide bonds. The Kier molecular flexibility index (Phi) is 5.33. The Hall–Kier alpha value is -1.64. The molecule has 0 fully saturated rings. The molecule has 2 aromatic rings. The molecule has 3 N–H and O–H groups in total. The van der Waals surface area contributed by atoms with E-state index >= 15 is 0 Å². The molecule has 2 aromatic carbocycles. The van der Waals surface area contributed by atoms with Crippen molar-refractivity contribution >= 4 is 0 Å². The molecule has 2 rings (SSSR count).